The number of nitrogens with one attached hydrogen (secondary N) is 2. The first kappa shape index (κ1) is 28.1. The lowest BCUT2D eigenvalue weighted by Crippen LogP contribution is -2.49. The molecule has 2 aromatic rings. The number of carbonyl (C=O) groups is 1. The SMILES string of the molecule is Cc1ccc(C2CC(NC(=NCCCOC(C)C)NC(=O)c3ccc(F)c(F)c3)CC3(C)CC23C)cc1F. The number of halogens is 3. The smallest absolute Gasteiger partial charge is 0.258 e. The summed E-state index contributed by atoms with van der Waals surface area (Å²) in [5, 5.41) is 6.18. The van der Waals surface area contributed by atoms with E-state index in [1.165, 1.54) is 6.07 Å². The average molecular weight is 530 g/mol. The number of hydrogen-bond acceptors (Lipinski definition) is 3. The number of aryl methyl sites for hydroxylation is 1. The van der Waals surface area contributed by atoms with E-state index in [1.807, 2.05) is 26.0 Å². The molecule has 8 heteroatoms. The van der Waals surface area contributed by atoms with Crippen LogP contribution in [-0.4, -0.2) is 37.2 Å². The van der Waals surface area contributed by atoms with E-state index in [-0.39, 0.29) is 46.2 Å². The maximum atomic E-state index is 14.5. The van der Waals surface area contributed by atoms with Gasteiger partial charge in [-0.3, -0.25) is 15.1 Å². The lowest BCUT2D eigenvalue weighted by atomic mass is 9.69. The Morgan fingerprint density at radius 1 is 1.11 bits per heavy atom. The molecular weight excluding hydrogens is 491 g/mol. The highest BCUT2D eigenvalue weighted by atomic mass is 19.2. The second-order valence-electron chi connectivity index (χ2n) is 11.6. The number of nitrogens with zero attached hydrogens (tertiary/aromatic N) is 1. The monoisotopic (exact) mass is 529 g/mol. The van der Waals surface area contributed by atoms with Crippen molar-refractivity contribution in [1.82, 2.24) is 10.6 Å². The molecule has 5 nitrogen and oxygen atoms in total. The fraction of sp³-hybridized carbons (Fsp3) is 0.533. The van der Waals surface area contributed by atoms with Gasteiger partial charge in [-0.15, -0.1) is 0 Å². The van der Waals surface area contributed by atoms with Gasteiger partial charge in [0.15, 0.2) is 17.6 Å². The van der Waals surface area contributed by atoms with Gasteiger partial charge in [-0.2, -0.15) is 0 Å². The van der Waals surface area contributed by atoms with Crippen molar-refractivity contribution in [1.29, 1.82) is 0 Å². The van der Waals surface area contributed by atoms with E-state index < -0.39 is 17.5 Å². The molecule has 2 N–H and O–H groups in total. The van der Waals surface area contributed by atoms with Crippen LogP contribution < -0.4 is 10.6 Å². The Morgan fingerprint density at radius 3 is 2.55 bits per heavy atom. The first-order valence-electron chi connectivity index (χ1n) is 13.4. The molecule has 4 atom stereocenters. The quantitative estimate of drug-likeness (QED) is 0.241. The maximum Gasteiger partial charge on any atom is 0.258 e. The molecule has 0 spiro atoms. The van der Waals surface area contributed by atoms with Crippen LogP contribution in [0.25, 0.3) is 0 Å². The molecule has 2 aliphatic rings. The highest BCUT2D eigenvalue weighted by Crippen LogP contribution is 2.75. The zero-order valence-corrected chi connectivity index (χ0v) is 22.8. The molecule has 0 radical (unpaired) electrons. The number of ether oxygens (including phenoxy) is 1. The summed E-state index contributed by atoms with van der Waals surface area (Å²) >= 11 is 0. The average Bonchev–Trinajstić information content (AvgIpc) is 3.43. The number of aliphatic imine (C=N–C) groups is 1. The lowest BCUT2D eigenvalue weighted by Gasteiger charge is -2.39. The molecule has 2 fully saturated rings. The first-order chi connectivity index (χ1) is 17.9. The molecule has 38 heavy (non-hydrogen) atoms. The minimum atomic E-state index is -1.09. The molecule has 0 heterocycles. The van der Waals surface area contributed by atoms with Crippen LogP contribution >= 0.6 is 0 Å². The zero-order valence-electron chi connectivity index (χ0n) is 22.8. The molecule has 206 valence electrons. The molecule has 2 aromatic carbocycles. The van der Waals surface area contributed by atoms with E-state index in [0.29, 0.717) is 25.1 Å². The Morgan fingerprint density at radius 2 is 1.87 bits per heavy atom. The Bertz CT molecular complexity index is 1220. The van der Waals surface area contributed by atoms with Gasteiger partial charge in [-0.25, -0.2) is 13.2 Å². The molecule has 0 bridgehead atoms. The Kier molecular flexibility index (Phi) is 8.21. The summed E-state index contributed by atoms with van der Waals surface area (Å²) in [4.78, 5) is 17.5. The third-order valence-corrected chi connectivity index (χ3v) is 8.37. The van der Waals surface area contributed by atoms with Crippen LogP contribution in [0.4, 0.5) is 13.2 Å². The summed E-state index contributed by atoms with van der Waals surface area (Å²) in [6.45, 7) is 11.2. The molecule has 0 saturated heterocycles. The van der Waals surface area contributed by atoms with Gasteiger partial charge >= 0.3 is 0 Å². The van der Waals surface area contributed by atoms with Crippen LogP contribution in [0.2, 0.25) is 0 Å². The van der Waals surface area contributed by atoms with E-state index in [2.05, 4.69) is 29.5 Å². The van der Waals surface area contributed by atoms with Crippen LogP contribution in [0.15, 0.2) is 41.4 Å². The molecule has 2 aliphatic carbocycles. The molecule has 4 unspecified atom stereocenters. The van der Waals surface area contributed by atoms with Gasteiger partial charge in [0, 0.05) is 24.8 Å². The van der Waals surface area contributed by atoms with Crippen molar-refractivity contribution in [3.63, 3.8) is 0 Å². The van der Waals surface area contributed by atoms with Crippen molar-refractivity contribution >= 4 is 11.9 Å². The predicted octanol–water partition coefficient (Wildman–Crippen LogP) is 6.27. The van der Waals surface area contributed by atoms with Crippen LogP contribution in [0.1, 0.15) is 80.8 Å². The topological polar surface area (TPSA) is 62.7 Å². The van der Waals surface area contributed by atoms with Gasteiger partial charge < -0.3 is 10.1 Å². The van der Waals surface area contributed by atoms with Crippen LogP contribution in [-0.2, 0) is 4.74 Å². The van der Waals surface area contributed by atoms with Crippen molar-refractivity contribution in [2.24, 2.45) is 15.8 Å². The van der Waals surface area contributed by atoms with Crippen molar-refractivity contribution < 1.29 is 22.7 Å². The standard InChI is InChI=1S/C30H38F3N3O2/c1-18(2)38-12-6-11-34-28(36-27(37)21-9-10-24(31)26(33)14-21)35-22-15-23(30(5)17-29(30,4)16-22)20-8-7-19(3)25(32)13-20/h7-10,13-14,18,22-23H,6,11-12,15-17H2,1-5H3,(H2,34,35,36,37). The van der Waals surface area contributed by atoms with Crippen LogP contribution in [0, 0.1) is 35.2 Å². The van der Waals surface area contributed by atoms with E-state index in [4.69, 9.17) is 4.74 Å². The largest absolute Gasteiger partial charge is 0.379 e. The molecule has 0 aromatic heterocycles. The number of amides is 1. The third-order valence-electron chi connectivity index (χ3n) is 8.37. The number of hydrogen-bond donors (Lipinski definition) is 2. The fourth-order valence-corrected chi connectivity index (χ4v) is 5.93. The number of rotatable bonds is 8. The molecule has 0 aliphatic heterocycles. The van der Waals surface area contributed by atoms with Gasteiger partial charge in [-0.05, 0) is 98.6 Å². The Balaban J connectivity index is 1.52. The molecule has 2 saturated carbocycles. The first-order valence-corrected chi connectivity index (χ1v) is 13.4. The summed E-state index contributed by atoms with van der Waals surface area (Å²) in [5.74, 6) is -2.44. The van der Waals surface area contributed by atoms with E-state index in [9.17, 15) is 18.0 Å². The van der Waals surface area contributed by atoms with Gasteiger partial charge in [0.05, 0.1) is 6.10 Å². The number of benzene rings is 2. The number of fused-ring (bicyclic) bond motifs is 1. The molecule has 4 rings (SSSR count). The highest BCUT2D eigenvalue weighted by molar-refractivity contribution is 6.05. The Hall–Kier alpha value is -2.87. The second kappa shape index (κ2) is 11.1. The summed E-state index contributed by atoms with van der Waals surface area (Å²) in [6, 6.07) is 8.53. The zero-order chi connectivity index (χ0) is 27.7. The minimum Gasteiger partial charge on any atom is -0.379 e. The second-order valence-corrected chi connectivity index (χ2v) is 11.6. The summed E-state index contributed by atoms with van der Waals surface area (Å²) < 4.78 is 47.2. The Labute approximate surface area is 223 Å². The predicted molar refractivity (Wildman–Crippen MR) is 143 cm³/mol. The molecule has 1 amide bonds. The number of guanidine groups is 1. The van der Waals surface area contributed by atoms with Crippen molar-refractivity contribution in [3.8, 4) is 0 Å². The minimum absolute atomic E-state index is 0.0000720. The van der Waals surface area contributed by atoms with Crippen LogP contribution in [0.5, 0.6) is 0 Å². The van der Waals surface area contributed by atoms with Gasteiger partial charge in [0.25, 0.3) is 5.91 Å². The van der Waals surface area contributed by atoms with Crippen molar-refractivity contribution in [2.75, 3.05) is 13.2 Å². The molecular formula is C30H38F3N3O2. The summed E-state index contributed by atoms with van der Waals surface area (Å²) in [7, 11) is 0. The van der Waals surface area contributed by atoms with Gasteiger partial charge in [0.2, 0.25) is 0 Å². The fourth-order valence-electron chi connectivity index (χ4n) is 5.93. The normalized spacial score (nSPS) is 26.7. The lowest BCUT2D eigenvalue weighted by molar-refractivity contribution is 0.0782. The van der Waals surface area contributed by atoms with Gasteiger partial charge in [-0.1, -0.05) is 26.0 Å². The van der Waals surface area contributed by atoms with Crippen molar-refractivity contribution in [2.45, 2.75) is 78.4 Å². The maximum absolute atomic E-state index is 14.5. The van der Waals surface area contributed by atoms with E-state index >= 15 is 0 Å². The summed E-state index contributed by atoms with van der Waals surface area (Å²) in [5.41, 5.74) is 1.77. The van der Waals surface area contributed by atoms with Crippen LogP contribution in [0.3, 0.4) is 0 Å². The van der Waals surface area contributed by atoms with E-state index in [1.54, 1.807) is 13.0 Å². The van der Waals surface area contributed by atoms with Crippen molar-refractivity contribution in [3.05, 3.63) is 70.5 Å². The van der Waals surface area contributed by atoms with Gasteiger partial charge in [0.1, 0.15) is 5.82 Å². The highest BCUT2D eigenvalue weighted by Gasteiger charge is 2.67. The number of carbonyl (C=O) groups excluding carboxylic acids is 1. The van der Waals surface area contributed by atoms with E-state index in [0.717, 1.165) is 37.0 Å². The third kappa shape index (κ3) is 6.06. The summed E-state index contributed by atoms with van der Waals surface area (Å²) in [6.07, 6.45) is 3.45.